The molecule has 22 heteroatoms. The molecular weight excluding hydrogens is 830 g/mol. The first kappa shape index (κ1) is 43.7. The first-order valence-electron chi connectivity index (χ1n) is 17.7. The fourth-order valence-electron chi connectivity index (χ4n) is 5.99. The van der Waals surface area contributed by atoms with Crippen molar-refractivity contribution in [2.24, 2.45) is 0 Å². The van der Waals surface area contributed by atoms with Crippen molar-refractivity contribution < 1.29 is 84.0 Å². The number of halogens is 8. The second-order valence-electron chi connectivity index (χ2n) is 13.5. The molecule has 320 valence electrons. The van der Waals surface area contributed by atoms with E-state index in [9.17, 15) is 60.3 Å². The summed E-state index contributed by atoms with van der Waals surface area (Å²) in [5.41, 5.74) is -4.20. The lowest BCUT2D eigenvalue weighted by atomic mass is 9.91. The predicted molar refractivity (Wildman–Crippen MR) is 187 cm³/mol. The third-order valence-corrected chi connectivity index (χ3v) is 10.5. The van der Waals surface area contributed by atoms with E-state index < -0.39 is 78.8 Å². The minimum absolute atomic E-state index is 0.0652. The van der Waals surface area contributed by atoms with Crippen LogP contribution in [0.15, 0.2) is 73.1 Å². The summed E-state index contributed by atoms with van der Waals surface area (Å²) in [6.45, 7) is -4.16. The summed E-state index contributed by atoms with van der Waals surface area (Å²) in [5, 5.41) is 41.8. The van der Waals surface area contributed by atoms with E-state index in [1.165, 1.54) is 30.5 Å². The van der Waals surface area contributed by atoms with Gasteiger partial charge in [-0.05, 0) is 48.1 Å². The molecule has 1 saturated heterocycles. The maximum atomic E-state index is 13.8. The Morgan fingerprint density at radius 1 is 0.898 bits per heavy atom. The quantitative estimate of drug-likeness (QED) is 0.0952. The van der Waals surface area contributed by atoms with Crippen molar-refractivity contribution in [1.29, 1.82) is 0 Å². The van der Waals surface area contributed by atoms with E-state index in [1.807, 2.05) is 0 Å². The summed E-state index contributed by atoms with van der Waals surface area (Å²) in [7, 11) is 0. The van der Waals surface area contributed by atoms with Crippen molar-refractivity contribution in [2.45, 2.75) is 93.1 Å². The Labute approximate surface area is 333 Å². The number of carbonyl (C=O) groups is 1. The van der Waals surface area contributed by atoms with Crippen LogP contribution >= 0.6 is 11.3 Å². The number of hydrogen-bond donors (Lipinski definition) is 5. The molecule has 1 saturated carbocycles. The zero-order valence-corrected chi connectivity index (χ0v) is 31.0. The number of ether oxygens (including phenoxy) is 5. The number of benzene rings is 2. The van der Waals surface area contributed by atoms with E-state index in [2.05, 4.69) is 20.0 Å². The Hall–Kier alpha value is -4.87. The molecule has 13 nitrogen and oxygen atoms in total. The molecule has 1 aliphatic heterocycles. The van der Waals surface area contributed by atoms with E-state index in [0.29, 0.717) is 24.0 Å². The Morgan fingerprint density at radius 3 is 2.22 bits per heavy atom. The van der Waals surface area contributed by atoms with Gasteiger partial charge < -0.3 is 49.4 Å². The Morgan fingerprint density at radius 2 is 1.61 bits per heavy atom. The number of aliphatic hydroxyl groups is 4. The highest BCUT2D eigenvalue weighted by Crippen LogP contribution is 2.52. The zero-order valence-electron chi connectivity index (χ0n) is 30.1. The van der Waals surface area contributed by atoms with Crippen LogP contribution in [0, 0.1) is 0 Å². The van der Waals surface area contributed by atoms with Gasteiger partial charge in [0.1, 0.15) is 36.0 Å². The Bertz CT molecular complexity index is 2010. The lowest BCUT2D eigenvalue weighted by Crippen LogP contribution is -2.65. The molecule has 0 radical (unpaired) electrons. The topological polar surface area (TPSA) is 182 Å². The first-order valence-corrected chi connectivity index (χ1v) is 18.5. The molecule has 5 N–H and O–H groups in total. The fraction of sp³-hybridized carbons (Fsp3) is 0.432. The number of nitrogens with zero attached hydrogens (tertiary/aromatic N) is 2. The van der Waals surface area contributed by atoms with Gasteiger partial charge in [-0.3, -0.25) is 0 Å². The molecule has 0 bridgehead atoms. The summed E-state index contributed by atoms with van der Waals surface area (Å²) < 4.78 is 136. The predicted octanol–water partition coefficient (Wildman–Crippen LogP) is 5.48. The maximum Gasteiger partial charge on any atom is 0.433 e. The van der Waals surface area contributed by atoms with Gasteiger partial charge in [0.25, 0.3) is 0 Å². The summed E-state index contributed by atoms with van der Waals surface area (Å²) in [5.74, 6) is -1.86. The number of pyridine rings is 1. The average Bonchev–Trinajstić information content (AvgIpc) is 3.87. The van der Waals surface area contributed by atoms with E-state index in [4.69, 9.17) is 18.9 Å². The van der Waals surface area contributed by atoms with Crippen molar-refractivity contribution in [1.82, 2.24) is 15.3 Å². The van der Waals surface area contributed by atoms with E-state index in [-0.39, 0.29) is 58.3 Å². The highest BCUT2D eigenvalue weighted by molar-refractivity contribution is 7.11. The molecule has 2 fully saturated rings. The van der Waals surface area contributed by atoms with Crippen LogP contribution in [0.4, 0.5) is 39.9 Å². The van der Waals surface area contributed by atoms with Crippen LogP contribution in [0.1, 0.15) is 45.3 Å². The molecule has 4 aromatic rings. The largest absolute Gasteiger partial charge is 0.487 e. The van der Waals surface area contributed by atoms with Crippen LogP contribution in [0.25, 0.3) is 0 Å². The van der Waals surface area contributed by atoms with Gasteiger partial charge in [-0.15, -0.1) is 11.3 Å². The number of aromatic nitrogens is 2. The first-order chi connectivity index (χ1) is 27.9. The number of alkyl carbamates (subject to hydrolysis) is 1. The van der Waals surface area contributed by atoms with E-state index >= 15 is 0 Å². The normalized spacial score (nSPS) is 21.8. The van der Waals surface area contributed by atoms with Gasteiger partial charge in [0.2, 0.25) is 12.2 Å². The minimum atomic E-state index is -6.21. The van der Waals surface area contributed by atoms with Gasteiger partial charge in [-0.2, -0.15) is 35.1 Å². The summed E-state index contributed by atoms with van der Waals surface area (Å²) in [6, 6.07) is 13.5. The molecule has 1 amide bonds. The molecule has 0 unspecified atom stereocenters. The molecule has 2 aliphatic rings. The Kier molecular flexibility index (Phi) is 13.2. The Balaban J connectivity index is 1.27. The van der Waals surface area contributed by atoms with Gasteiger partial charge in [-0.25, -0.2) is 14.8 Å². The van der Waals surface area contributed by atoms with Crippen molar-refractivity contribution in [3.63, 3.8) is 0 Å². The molecule has 6 atom stereocenters. The number of thiazole rings is 1. The number of nitrogens with one attached hydrogen (secondary N) is 1. The van der Waals surface area contributed by atoms with Crippen LogP contribution in [0.5, 0.6) is 17.4 Å². The van der Waals surface area contributed by atoms with Crippen molar-refractivity contribution in [3.05, 3.63) is 99.6 Å². The van der Waals surface area contributed by atoms with Gasteiger partial charge in [0.05, 0.1) is 12.7 Å². The minimum Gasteiger partial charge on any atom is -0.487 e. The fourth-order valence-corrected chi connectivity index (χ4v) is 7.16. The average molecular weight is 866 g/mol. The second-order valence-corrected chi connectivity index (χ2v) is 14.6. The van der Waals surface area contributed by atoms with Crippen LogP contribution in [-0.4, -0.2) is 98.8 Å². The smallest absolute Gasteiger partial charge is 0.433 e. The number of hydrogen-bond acceptors (Lipinski definition) is 13. The van der Waals surface area contributed by atoms with Crippen molar-refractivity contribution in [3.8, 4) is 17.4 Å². The molecule has 0 spiro atoms. The highest BCUT2D eigenvalue weighted by atomic mass is 32.1. The monoisotopic (exact) mass is 865 g/mol. The number of alkyl halides is 8. The van der Waals surface area contributed by atoms with Crippen LogP contribution < -0.4 is 19.5 Å². The molecule has 2 aromatic carbocycles. The lowest BCUT2D eigenvalue weighted by Gasteiger charge is -2.41. The molecular formula is C37H35F8N3O10S. The van der Waals surface area contributed by atoms with E-state index in [1.54, 1.807) is 30.3 Å². The molecule has 2 aromatic heterocycles. The maximum absolute atomic E-state index is 13.8. The van der Waals surface area contributed by atoms with Crippen molar-refractivity contribution >= 4 is 17.4 Å². The molecule has 1 aliphatic carbocycles. The third-order valence-electron chi connectivity index (χ3n) is 9.25. The van der Waals surface area contributed by atoms with Crippen molar-refractivity contribution in [2.75, 3.05) is 6.61 Å². The summed E-state index contributed by atoms with van der Waals surface area (Å²) in [6.07, 6.45) is -17.2. The lowest BCUT2D eigenvalue weighted by molar-refractivity contribution is -0.376. The van der Waals surface area contributed by atoms with E-state index in [0.717, 1.165) is 12.3 Å². The SMILES string of the molecule is O=C(N[C@H]1[C@H](Oc2ccc(C[C@@H](c3ccc(OC(F)F)c(OC4CC4)c3)c3cnc(C(O)(C(F)(F)F)C(F)(F)F)s3)cn2)O[C@H](CO)[C@@H](O)[C@@H]1O)OCc1ccccc1. The molecule has 3 heterocycles. The molecule has 59 heavy (non-hydrogen) atoms. The van der Waals surface area contributed by atoms with Crippen LogP contribution in [-0.2, 0) is 28.1 Å². The second kappa shape index (κ2) is 17.8. The number of amides is 1. The van der Waals surface area contributed by atoms with Gasteiger partial charge in [0, 0.05) is 29.3 Å². The summed E-state index contributed by atoms with van der Waals surface area (Å²) >= 11 is -0.0652. The third kappa shape index (κ3) is 10.1. The van der Waals surface area contributed by atoms with Crippen LogP contribution in [0.2, 0.25) is 0 Å². The summed E-state index contributed by atoms with van der Waals surface area (Å²) in [4.78, 5) is 20.0. The number of rotatable bonds is 15. The highest BCUT2D eigenvalue weighted by Gasteiger charge is 2.73. The van der Waals surface area contributed by atoms with Crippen LogP contribution in [0.3, 0.4) is 0 Å². The zero-order chi connectivity index (χ0) is 42.7. The number of carbonyl (C=O) groups excluding carboxylic acids is 1. The van der Waals surface area contributed by atoms with Gasteiger partial charge in [0.15, 0.2) is 11.5 Å². The van der Waals surface area contributed by atoms with Gasteiger partial charge >= 0.3 is 30.7 Å². The van der Waals surface area contributed by atoms with Gasteiger partial charge in [-0.1, -0.05) is 42.5 Å². The molecule has 6 rings (SSSR count). The standard InChI is InChI=1S/C37H35F8N3O10S/c38-33(39)57-23-10-7-20(13-24(23)55-21-8-9-21)22(26-15-47-32(59-26)35(53,36(40,41)42)37(43,44)45)12-19-6-11-27(46-14-19)58-31-28(30(51)29(50)25(16-49)56-31)48-34(52)54-17-18-4-2-1-3-5-18/h1-7,10-11,13-15,21-22,25,28-31,33,49-51,53H,8-9,12,16-17H2,(H,48,52)/t22-,25+,28+,29+,30+,31-/m0/s1. The number of aliphatic hydroxyl groups excluding tert-OH is 3.